The highest BCUT2D eigenvalue weighted by atomic mass is 35.5. The van der Waals surface area contributed by atoms with Crippen molar-refractivity contribution < 1.29 is 9.21 Å². The largest absolute Gasteiger partial charge is 0.467 e. The lowest BCUT2D eigenvalue weighted by atomic mass is 10.0. The van der Waals surface area contributed by atoms with Crippen LogP contribution < -0.4 is 5.73 Å². The second-order valence-electron chi connectivity index (χ2n) is 5.35. The number of furan rings is 1. The van der Waals surface area contributed by atoms with Gasteiger partial charge in [0, 0.05) is 11.9 Å². The van der Waals surface area contributed by atoms with E-state index in [1.165, 1.54) is 29.7 Å². The molecule has 0 fully saturated rings. The Morgan fingerprint density at radius 3 is 2.78 bits per heavy atom. The molecule has 2 heterocycles. The maximum Gasteiger partial charge on any atom is 0.257 e. The zero-order valence-corrected chi connectivity index (χ0v) is 15.4. The van der Waals surface area contributed by atoms with Crippen molar-refractivity contribution >= 4 is 42.1 Å². The molecule has 0 saturated heterocycles. The highest BCUT2D eigenvalue weighted by Crippen LogP contribution is 2.27. The first kappa shape index (κ1) is 20.0. The van der Waals surface area contributed by atoms with Gasteiger partial charge in [-0.25, -0.2) is 4.98 Å². The van der Waals surface area contributed by atoms with Crippen LogP contribution >= 0.6 is 36.2 Å². The van der Waals surface area contributed by atoms with E-state index in [4.69, 9.17) is 10.2 Å². The summed E-state index contributed by atoms with van der Waals surface area (Å²) in [7, 11) is 1.79. The van der Waals surface area contributed by atoms with Crippen LogP contribution in [0.25, 0.3) is 0 Å². The Morgan fingerprint density at radius 1 is 1.39 bits per heavy atom. The third-order valence-corrected chi connectivity index (χ3v) is 4.85. The van der Waals surface area contributed by atoms with Crippen molar-refractivity contribution in [1.29, 1.82) is 0 Å². The Bertz CT molecular complexity index is 633. The lowest BCUT2D eigenvalue weighted by Gasteiger charge is -2.14. The van der Waals surface area contributed by atoms with Gasteiger partial charge in [-0.1, -0.05) is 0 Å². The fourth-order valence-corrected chi connectivity index (χ4v) is 3.78. The zero-order valence-electron chi connectivity index (χ0n) is 12.9. The van der Waals surface area contributed by atoms with Crippen LogP contribution in [0.3, 0.4) is 0 Å². The molecule has 0 saturated carbocycles. The SMILES string of the molecule is CN(Cc1nc2c(s1)CCCC2)C(=O)c1coc(CN)c1.Cl.Cl. The Morgan fingerprint density at radius 2 is 2.13 bits per heavy atom. The minimum atomic E-state index is -0.0633. The molecule has 23 heavy (non-hydrogen) atoms. The smallest absolute Gasteiger partial charge is 0.257 e. The lowest BCUT2D eigenvalue weighted by Crippen LogP contribution is -2.25. The molecule has 0 bridgehead atoms. The van der Waals surface area contributed by atoms with Crippen LogP contribution in [0.2, 0.25) is 0 Å². The van der Waals surface area contributed by atoms with Crippen LogP contribution in [0.15, 0.2) is 16.7 Å². The highest BCUT2D eigenvalue weighted by Gasteiger charge is 2.19. The second kappa shape index (κ2) is 8.68. The molecular weight excluding hydrogens is 357 g/mol. The van der Waals surface area contributed by atoms with Gasteiger partial charge in [0.25, 0.3) is 5.91 Å². The topological polar surface area (TPSA) is 72.4 Å². The average Bonchev–Trinajstić information content (AvgIpc) is 3.12. The summed E-state index contributed by atoms with van der Waals surface area (Å²) < 4.78 is 5.22. The Kier molecular flexibility index (Phi) is 7.54. The normalized spacial score (nSPS) is 12.8. The van der Waals surface area contributed by atoms with Crippen molar-refractivity contribution in [2.24, 2.45) is 5.73 Å². The minimum Gasteiger partial charge on any atom is -0.467 e. The number of hydrogen-bond acceptors (Lipinski definition) is 5. The molecule has 1 aliphatic rings. The summed E-state index contributed by atoms with van der Waals surface area (Å²) in [5, 5.41) is 1.01. The average molecular weight is 378 g/mol. The van der Waals surface area contributed by atoms with E-state index in [0.717, 1.165) is 17.8 Å². The molecule has 0 aliphatic heterocycles. The van der Waals surface area contributed by atoms with Crippen LogP contribution in [-0.2, 0) is 25.9 Å². The predicted molar refractivity (Wildman–Crippen MR) is 95.6 cm³/mol. The van der Waals surface area contributed by atoms with Gasteiger partial charge in [0.15, 0.2) is 0 Å². The quantitative estimate of drug-likeness (QED) is 0.887. The van der Waals surface area contributed by atoms with Crippen molar-refractivity contribution in [3.05, 3.63) is 39.2 Å². The molecule has 0 unspecified atom stereocenters. The maximum atomic E-state index is 12.3. The van der Waals surface area contributed by atoms with Crippen molar-refractivity contribution in [2.45, 2.75) is 38.8 Å². The molecule has 3 rings (SSSR count). The molecular formula is C15H21Cl2N3O2S. The molecule has 2 aromatic heterocycles. The van der Waals surface area contributed by atoms with Gasteiger partial charge in [0.1, 0.15) is 17.0 Å². The number of aromatic nitrogens is 1. The second-order valence-corrected chi connectivity index (χ2v) is 6.52. The van der Waals surface area contributed by atoms with Gasteiger partial charge in [0.2, 0.25) is 0 Å². The number of nitrogens with zero attached hydrogens (tertiary/aromatic N) is 2. The molecule has 5 nitrogen and oxygen atoms in total. The molecule has 0 spiro atoms. The Hall–Kier alpha value is -1.08. The first-order valence-electron chi connectivity index (χ1n) is 7.17. The van der Waals surface area contributed by atoms with E-state index >= 15 is 0 Å². The van der Waals surface area contributed by atoms with Crippen LogP contribution in [-0.4, -0.2) is 22.8 Å². The van der Waals surface area contributed by atoms with Gasteiger partial charge >= 0.3 is 0 Å². The molecule has 0 aromatic carbocycles. The summed E-state index contributed by atoms with van der Waals surface area (Å²) >= 11 is 1.74. The minimum absolute atomic E-state index is 0. The van der Waals surface area contributed by atoms with E-state index in [0.29, 0.717) is 24.4 Å². The van der Waals surface area contributed by atoms with E-state index in [2.05, 4.69) is 4.98 Å². The monoisotopic (exact) mass is 377 g/mol. The lowest BCUT2D eigenvalue weighted by molar-refractivity contribution is 0.0784. The molecule has 2 N–H and O–H groups in total. The third kappa shape index (κ3) is 4.47. The first-order chi connectivity index (χ1) is 10.2. The summed E-state index contributed by atoms with van der Waals surface area (Å²) in [4.78, 5) is 20.1. The van der Waals surface area contributed by atoms with E-state index in [1.807, 2.05) is 0 Å². The van der Waals surface area contributed by atoms with Gasteiger partial charge in [-0.3, -0.25) is 4.79 Å². The fraction of sp³-hybridized carbons (Fsp3) is 0.467. The summed E-state index contributed by atoms with van der Waals surface area (Å²) in [5.41, 5.74) is 7.27. The summed E-state index contributed by atoms with van der Waals surface area (Å²) in [6, 6.07) is 1.70. The number of fused-ring (bicyclic) bond motifs is 1. The van der Waals surface area contributed by atoms with Gasteiger partial charge in [-0.05, 0) is 31.7 Å². The number of carbonyl (C=O) groups is 1. The number of thiazole rings is 1. The number of hydrogen-bond donors (Lipinski definition) is 1. The van der Waals surface area contributed by atoms with Crippen LogP contribution in [0, 0.1) is 0 Å². The zero-order chi connectivity index (χ0) is 14.8. The van der Waals surface area contributed by atoms with E-state index < -0.39 is 0 Å². The summed E-state index contributed by atoms with van der Waals surface area (Å²) in [6.45, 7) is 0.843. The maximum absolute atomic E-state index is 12.3. The van der Waals surface area contributed by atoms with Crippen molar-refractivity contribution in [1.82, 2.24) is 9.88 Å². The van der Waals surface area contributed by atoms with Crippen molar-refractivity contribution in [3.63, 3.8) is 0 Å². The molecule has 1 amide bonds. The molecule has 2 aromatic rings. The van der Waals surface area contributed by atoms with Gasteiger partial charge in [-0.2, -0.15) is 0 Å². The number of aryl methyl sites for hydroxylation is 2. The van der Waals surface area contributed by atoms with Gasteiger partial charge < -0.3 is 15.1 Å². The van der Waals surface area contributed by atoms with Crippen molar-refractivity contribution in [3.8, 4) is 0 Å². The number of amides is 1. The molecule has 128 valence electrons. The van der Waals surface area contributed by atoms with Crippen molar-refractivity contribution in [2.75, 3.05) is 7.05 Å². The van der Waals surface area contributed by atoms with Gasteiger partial charge in [0.05, 0.1) is 24.3 Å². The van der Waals surface area contributed by atoms with E-state index in [9.17, 15) is 4.79 Å². The predicted octanol–water partition coefficient (Wildman–Crippen LogP) is 3.19. The number of nitrogens with two attached hydrogens (primary N) is 1. The summed E-state index contributed by atoms with van der Waals surface area (Å²) in [6.07, 6.45) is 6.15. The fourth-order valence-electron chi connectivity index (χ4n) is 2.57. The standard InChI is InChI=1S/C15H19N3O2S.2ClH/c1-18(15(19)10-6-11(7-16)20-9-10)8-14-17-12-4-2-3-5-13(12)21-14;;/h6,9H,2-5,7-8,16H2,1H3;2*1H. The Balaban J connectivity index is 0.00000132. The molecule has 0 radical (unpaired) electrons. The van der Waals surface area contributed by atoms with Crippen LogP contribution in [0.5, 0.6) is 0 Å². The van der Waals surface area contributed by atoms with E-state index in [1.54, 1.807) is 29.4 Å². The third-order valence-electron chi connectivity index (χ3n) is 3.71. The molecule has 8 heteroatoms. The number of rotatable bonds is 4. The summed E-state index contributed by atoms with van der Waals surface area (Å²) in [5.74, 6) is 0.558. The molecule has 0 atom stereocenters. The number of carbonyl (C=O) groups excluding carboxylic acids is 1. The van der Waals surface area contributed by atoms with E-state index in [-0.39, 0.29) is 30.7 Å². The van der Waals surface area contributed by atoms with Crippen LogP contribution in [0.1, 0.15) is 44.5 Å². The number of halogens is 2. The molecule has 1 aliphatic carbocycles. The van der Waals surface area contributed by atoms with Crippen LogP contribution in [0.4, 0.5) is 0 Å². The Labute approximate surface area is 152 Å². The first-order valence-corrected chi connectivity index (χ1v) is 7.99. The van der Waals surface area contributed by atoms with Gasteiger partial charge in [-0.15, -0.1) is 36.2 Å². The highest BCUT2D eigenvalue weighted by molar-refractivity contribution is 7.11.